The minimum Gasteiger partial charge on any atom is -0.379 e. The Kier molecular flexibility index (Phi) is 4.67. The number of nitrogens with zero attached hydrogens (tertiary/aromatic N) is 4. The van der Waals surface area contributed by atoms with Crippen molar-refractivity contribution in [2.24, 2.45) is 13.0 Å². The van der Waals surface area contributed by atoms with E-state index in [1.807, 2.05) is 53.0 Å². The van der Waals surface area contributed by atoms with E-state index in [1.165, 1.54) is 0 Å². The Morgan fingerprint density at radius 2 is 2.19 bits per heavy atom. The number of carbonyl (C=O) groups is 1. The summed E-state index contributed by atoms with van der Waals surface area (Å²) in [5, 5.41) is 0.998. The molecule has 6 nitrogen and oxygen atoms in total. The van der Waals surface area contributed by atoms with E-state index in [-0.39, 0.29) is 11.8 Å². The molecule has 1 aliphatic heterocycles. The molecule has 4 rings (SSSR count). The van der Waals surface area contributed by atoms with Crippen molar-refractivity contribution in [3.05, 3.63) is 60.3 Å². The third-order valence-electron chi connectivity index (χ3n) is 4.89. The van der Waals surface area contributed by atoms with E-state index in [9.17, 15) is 4.79 Å². The topological polar surface area (TPSA) is 60.2 Å². The van der Waals surface area contributed by atoms with Crippen LogP contribution in [0.4, 0.5) is 0 Å². The van der Waals surface area contributed by atoms with Gasteiger partial charge in [-0.3, -0.25) is 4.79 Å². The largest absolute Gasteiger partial charge is 0.379 e. The molecule has 0 bridgehead atoms. The molecule has 2 aromatic heterocycles. The Morgan fingerprint density at radius 1 is 1.31 bits per heavy atom. The first-order chi connectivity index (χ1) is 12.7. The summed E-state index contributed by atoms with van der Waals surface area (Å²) in [5.41, 5.74) is 2.80. The van der Waals surface area contributed by atoms with Crippen LogP contribution >= 0.6 is 0 Å². The monoisotopic (exact) mass is 350 g/mol. The van der Waals surface area contributed by atoms with Crippen LogP contribution in [-0.2, 0) is 18.2 Å². The van der Waals surface area contributed by atoms with Gasteiger partial charge in [0.25, 0.3) is 5.91 Å². The fraction of sp³-hybridized carbons (Fsp3) is 0.350. The van der Waals surface area contributed by atoms with Gasteiger partial charge >= 0.3 is 0 Å². The molecule has 3 aromatic rings. The van der Waals surface area contributed by atoms with Crippen LogP contribution in [-0.4, -0.2) is 51.6 Å². The number of benzene rings is 1. The van der Waals surface area contributed by atoms with Crippen LogP contribution in [0.25, 0.3) is 10.9 Å². The second-order valence-electron chi connectivity index (χ2n) is 6.77. The number of aryl methyl sites for hydroxylation is 1. The second kappa shape index (κ2) is 7.25. The van der Waals surface area contributed by atoms with E-state index >= 15 is 0 Å². The van der Waals surface area contributed by atoms with Gasteiger partial charge in [0, 0.05) is 55.0 Å². The second-order valence-corrected chi connectivity index (χ2v) is 6.77. The Balaban J connectivity index is 1.56. The number of aromatic nitrogens is 3. The number of para-hydroxylation sites is 1. The van der Waals surface area contributed by atoms with E-state index in [1.54, 1.807) is 12.5 Å². The lowest BCUT2D eigenvalue weighted by molar-refractivity contribution is 0.0739. The number of fused-ring (bicyclic) bond motifs is 1. The zero-order valence-electron chi connectivity index (χ0n) is 14.8. The molecule has 1 atom stereocenters. The summed E-state index contributed by atoms with van der Waals surface area (Å²) >= 11 is 0. The van der Waals surface area contributed by atoms with Crippen LogP contribution in [0.3, 0.4) is 0 Å². The summed E-state index contributed by atoms with van der Waals surface area (Å²) in [7, 11) is 1.97. The minimum absolute atomic E-state index is 0.0694. The highest BCUT2D eigenvalue weighted by molar-refractivity contribution is 6.07. The SMILES string of the molecule is Cn1cc(C(=O)N2CCOC[C@H](Cc3ccncn3)C2)c2ccccc21. The normalized spacial score (nSPS) is 18.0. The van der Waals surface area contributed by atoms with Gasteiger partial charge < -0.3 is 14.2 Å². The number of hydrogen-bond acceptors (Lipinski definition) is 4. The molecule has 6 heteroatoms. The fourth-order valence-corrected chi connectivity index (χ4v) is 3.61. The van der Waals surface area contributed by atoms with Gasteiger partial charge in [-0.05, 0) is 18.6 Å². The van der Waals surface area contributed by atoms with Crippen molar-refractivity contribution < 1.29 is 9.53 Å². The summed E-state index contributed by atoms with van der Waals surface area (Å²) < 4.78 is 7.75. The van der Waals surface area contributed by atoms with Crippen molar-refractivity contribution in [3.63, 3.8) is 0 Å². The van der Waals surface area contributed by atoms with Gasteiger partial charge in [-0.1, -0.05) is 18.2 Å². The molecule has 1 saturated heterocycles. The van der Waals surface area contributed by atoms with E-state index in [4.69, 9.17) is 4.74 Å². The quantitative estimate of drug-likeness (QED) is 0.727. The molecule has 1 fully saturated rings. The summed E-state index contributed by atoms with van der Waals surface area (Å²) in [4.78, 5) is 23.4. The molecule has 0 saturated carbocycles. The molecule has 0 aliphatic carbocycles. The van der Waals surface area contributed by atoms with Crippen molar-refractivity contribution in [1.29, 1.82) is 0 Å². The average Bonchev–Trinajstić information content (AvgIpc) is 2.85. The predicted octanol–water partition coefficient (Wildman–Crippen LogP) is 2.30. The maximum atomic E-state index is 13.2. The van der Waals surface area contributed by atoms with Crippen LogP contribution in [0.2, 0.25) is 0 Å². The molecule has 0 radical (unpaired) electrons. The lowest BCUT2D eigenvalue weighted by Crippen LogP contribution is -2.36. The summed E-state index contributed by atoms with van der Waals surface area (Å²) in [6.07, 6.45) is 6.02. The number of carbonyl (C=O) groups excluding carboxylic acids is 1. The summed E-state index contributed by atoms with van der Waals surface area (Å²) in [6, 6.07) is 9.93. The van der Waals surface area contributed by atoms with E-state index in [0.717, 1.165) is 28.6 Å². The van der Waals surface area contributed by atoms with Crippen molar-refractivity contribution in [1.82, 2.24) is 19.4 Å². The van der Waals surface area contributed by atoms with Gasteiger partial charge in [-0.15, -0.1) is 0 Å². The summed E-state index contributed by atoms with van der Waals surface area (Å²) in [5.74, 6) is 0.298. The minimum atomic E-state index is 0.0694. The Morgan fingerprint density at radius 3 is 3.04 bits per heavy atom. The zero-order valence-corrected chi connectivity index (χ0v) is 14.8. The maximum absolute atomic E-state index is 13.2. The highest BCUT2D eigenvalue weighted by Gasteiger charge is 2.25. The first kappa shape index (κ1) is 16.7. The first-order valence-corrected chi connectivity index (χ1v) is 8.88. The molecule has 3 heterocycles. The number of rotatable bonds is 3. The molecule has 26 heavy (non-hydrogen) atoms. The fourth-order valence-electron chi connectivity index (χ4n) is 3.61. The van der Waals surface area contributed by atoms with Gasteiger partial charge in [-0.25, -0.2) is 9.97 Å². The van der Waals surface area contributed by atoms with E-state index in [0.29, 0.717) is 26.3 Å². The van der Waals surface area contributed by atoms with Crippen molar-refractivity contribution in [2.45, 2.75) is 6.42 Å². The standard InChI is InChI=1S/C20H22N4O2/c1-23-12-18(17-4-2-3-5-19(17)23)20(25)24-8-9-26-13-15(11-24)10-16-6-7-21-14-22-16/h2-7,12,14-15H,8-11,13H2,1H3/t15-/m1/s1. The molecule has 0 unspecified atom stereocenters. The van der Waals surface area contributed by atoms with Gasteiger partial charge in [-0.2, -0.15) is 0 Å². The summed E-state index contributed by atoms with van der Waals surface area (Å²) in [6.45, 7) is 2.49. The Labute approximate surface area is 152 Å². The van der Waals surface area contributed by atoms with Crippen molar-refractivity contribution >= 4 is 16.8 Å². The molecule has 0 spiro atoms. The Hall–Kier alpha value is -2.73. The van der Waals surface area contributed by atoms with Crippen molar-refractivity contribution in [3.8, 4) is 0 Å². The predicted molar refractivity (Wildman–Crippen MR) is 98.9 cm³/mol. The van der Waals surface area contributed by atoms with Crippen LogP contribution in [0.1, 0.15) is 16.1 Å². The van der Waals surface area contributed by atoms with Crippen molar-refractivity contribution in [2.75, 3.05) is 26.3 Å². The maximum Gasteiger partial charge on any atom is 0.256 e. The van der Waals surface area contributed by atoms with Gasteiger partial charge in [0.15, 0.2) is 0 Å². The zero-order chi connectivity index (χ0) is 17.9. The molecule has 1 amide bonds. The molecule has 1 aliphatic rings. The van der Waals surface area contributed by atoms with Crippen LogP contribution < -0.4 is 0 Å². The molecule has 1 aromatic carbocycles. The van der Waals surface area contributed by atoms with E-state index in [2.05, 4.69) is 9.97 Å². The van der Waals surface area contributed by atoms with Crippen LogP contribution in [0, 0.1) is 5.92 Å². The lowest BCUT2D eigenvalue weighted by Gasteiger charge is -2.23. The highest BCUT2D eigenvalue weighted by Crippen LogP contribution is 2.23. The molecule has 134 valence electrons. The number of ether oxygens (including phenoxy) is 1. The molecule has 0 N–H and O–H groups in total. The number of hydrogen-bond donors (Lipinski definition) is 0. The number of amides is 1. The molecular formula is C20H22N4O2. The molecular weight excluding hydrogens is 328 g/mol. The third kappa shape index (κ3) is 3.32. The first-order valence-electron chi connectivity index (χ1n) is 8.88. The van der Waals surface area contributed by atoms with Gasteiger partial charge in [0.05, 0.1) is 18.8 Å². The van der Waals surface area contributed by atoms with Gasteiger partial charge in [0.1, 0.15) is 6.33 Å². The highest BCUT2D eigenvalue weighted by atomic mass is 16.5. The van der Waals surface area contributed by atoms with Crippen LogP contribution in [0.15, 0.2) is 49.1 Å². The van der Waals surface area contributed by atoms with E-state index < -0.39 is 0 Å². The third-order valence-corrected chi connectivity index (χ3v) is 4.89. The average molecular weight is 350 g/mol. The Bertz CT molecular complexity index is 907. The van der Waals surface area contributed by atoms with Gasteiger partial charge in [0.2, 0.25) is 0 Å². The lowest BCUT2D eigenvalue weighted by atomic mass is 10.0. The van der Waals surface area contributed by atoms with Crippen LogP contribution in [0.5, 0.6) is 0 Å². The smallest absolute Gasteiger partial charge is 0.256 e.